The molecule has 1 aliphatic rings. The Morgan fingerprint density at radius 2 is 2.20 bits per heavy atom. The second-order valence-corrected chi connectivity index (χ2v) is 6.06. The maximum atomic E-state index is 12.3. The van der Waals surface area contributed by atoms with Crippen molar-refractivity contribution < 1.29 is 4.79 Å². The zero-order chi connectivity index (χ0) is 17.4. The number of nitrogens with one attached hydrogen (secondary N) is 1. The van der Waals surface area contributed by atoms with E-state index < -0.39 is 0 Å². The number of nitrogens with zero attached hydrogens (tertiary/aromatic N) is 6. The summed E-state index contributed by atoms with van der Waals surface area (Å²) >= 11 is 0. The summed E-state index contributed by atoms with van der Waals surface area (Å²) in [6, 6.07) is 7.03. The van der Waals surface area contributed by atoms with Gasteiger partial charge in [-0.3, -0.25) is 9.59 Å². The fraction of sp³-hybridized carbons (Fsp3) is 0.312. The Hall–Kier alpha value is -3.23. The highest BCUT2D eigenvalue weighted by Crippen LogP contribution is 2.28. The molecule has 3 aromatic rings. The first-order valence-corrected chi connectivity index (χ1v) is 8.00. The number of amides is 1. The van der Waals surface area contributed by atoms with Gasteiger partial charge in [-0.05, 0) is 25.0 Å². The summed E-state index contributed by atoms with van der Waals surface area (Å²) in [5, 5.41) is 11.0. The van der Waals surface area contributed by atoms with Gasteiger partial charge in [-0.2, -0.15) is 10.2 Å². The average Bonchev–Trinajstić information content (AvgIpc) is 3.34. The Labute approximate surface area is 142 Å². The molecule has 9 heteroatoms. The third-order valence-corrected chi connectivity index (χ3v) is 4.17. The maximum Gasteiger partial charge on any atom is 0.267 e. The Kier molecular flexibility index (Phi) is 3.68. The van der Waals surface area contributed by atoms with Gasteiger partial charge >= 0.3 is 0 Å². The van der Waals surface area contributed by atoms with Gasteiger partial charge in [0.25, 0.3) is 5.56 Å². The van der Waals surface area contributed by atoms with Crippen LogP contribution in [0.15, 0.2) is 41.6 Å². The summed E-state index contributed by atoms with van der Waals surface area (Å²) in [6.07, 6.45) is 5.39. The summed E-state index contributed by atoms with van der Waals surface area (Å²) in [6.45, 7) is -0.150. The molecular formula is C16H17N7O2. The number of hydrogen-bond donors (Lipinski definition) is 1. The van der Waals surface area contributed by atoms with Crippen LogP contribution in [0.2, 0.25) is 0 Å². The zero-order valence-electron chi connectivity index (χ0n) is 13.7. The molecule has 0 aromatic carbocycles. The number of hydrogen-bond acceptors (Lipinski definition) is 6. The van der Waals surface area contributed by atoms with Gasteiger partial charge in [-0.1, -0.05) is 0 Å². The van der Waals surface area contributed by atoms with E-state index >= 15 is 0 Å². The quantitative estimate of drug-likeness (QED) is 0.728. The van der Waals surface area contributed by atoms with E-state index in [0.29, 0.717) is 23.2 Å². The summed E-state index contributed by atoms with van der Waals surface area (Å²) in [5.41, 5.74) is 0.905. The molecule has 0 aliphatic heterocycles. The highest BCUT2D eigenvalue weighted by Gasteiger charge is 2.27. The molecule has 3 aromatic heterocycles. The van der Waals surface area contributed by atoms with Crippen LogP contribution in [0.5, 0.6) is 0 Å². The number of anilines is 2. The zero-order valence-corrected chi connectivity index (χ0v) is 13.7. The van der Waals surface area contributed by atoms with Gasteiger partial charge < -0.3 is 10.2 Å². The van der Waals surface area contributed by atoms with Crippen molar-refractivity contribution in [2.45, 2.75) is 25.4 Å². The first-order chi connectivity index (χ1) is 12.1. The van der Waals surface area contributed by atoms with E-state index in [1.165, 1.54) is 17.1 Å². The second-order valence-electron chi connectivity index (χ2n) is 6.06. The largest absolute Gasteiger partial charge is 0.355 e. The maximum absolute atomic E-state index is 12.3. The summed E-state index contributed by atoms with van der Waals surface area (Å²) in [4.78, 5) is 30.4. The summed E-state index contributed by atoms with van der Waals surface area (Å²) in [5.74, 6) is 0.365. The molecule has 1 N–H and O–H groups in total. The molecule has 1 aliphatic carbocycles. The molecule has 1 saturated carbocycles. The second kappa shape index (κ2) is 6.00. The van der Waals surface area contributed by atoms with Crippen molar-refractivity contribution in [2.75, 3.05) is 17.3 Å². The normalized spacial score (nSPS) is 13.8. The number of rotatable bonds is 5. The van der Waals surface area contributed by atoms with E-state index in [-0.39, 0.29) is 18.0 Å². The van der Waals surface area contributed by atoms with E-state index in [1.54, 1.807) is 28.9 Å². The van der Waals surface area contributed by atoms with E-state index in [1.807, 2.05) is 11.9 Å². The number of fused-ring (bicyclic) bond motifs is 1. The standard InChI is InChI=1S/C16H17N7O2/c1-21(12-2-3-12)13-4-5-16(25)23(20-13)9-15(24)19-11-6-7-22-14(8-11)17-10-18-22/h4-8,10,12H,2-3,9H2,1H3,(H,19,24). The number of carbonyl (C=O) groups is 1. The van der Waals surface area contributed by atoms with Gasteiger partial charge in [0, 0.05) is 37.1 Å². The van der Waals surface area contributed by atoms with Crippen LogP contribution < -0.4 is 15.8 Å². The predicted molar refractivity (Wildman–Crippen MR) is 91.5 cm³/mol. The molecule has 128 valence electrons. The molecular weight excluding hydrogens is 322 g/mol. The Balaban J connectivity index is 1.49. The minimum absolute atomic E-state index is 0.150. The Bertz CT molecular complexity index is 989. The van der Waals surface area contributed by atoms with Gasteiger partial charge in [0.15, 0.2) is 5.65 Å². The molecule has 1 amide bonds. The van der Waals surface area contributed by atoms with Crippen LogP contribution in [0.1, 0.15) is 12.8 Å². The fourth-order valence-corrected chi connectivity index (χ4v) is 2.62. The van der Waals surface area contributed by atoms with E-state index in [4.69, 9.17) is 0 Å². The van der Waals surface area contributed by atoms with Crippen molar-refractivity contribution in [3.63, 3.8) is 0 Å². The lowest BCUT2D eigenvalue weighted by atomic mass is 10.4. The lowest BCUT2D eigenvalue weighted by molar-refractivity contribution is -0.117. The summed E-state index contributed by atoms with van der Waals surface area (Å²) in [7, 11) is 1.95. The molecule has 3 heterocycles. The third-order valence-electron chi connectivity index (χ3n) is 4.17. The van der Waals surface area contributed by atoms with Gasteiger partial charge in [-0.25, -0.2) is 14.2 Å². The number of carbonyl (C=O) groups excluding carboxylic acids is 1. The molecule has 0 saturated heterocycles. The van der Waals surface area contributed by atoms with Crippen molar-refractivity contribution in [3.8, 4) is 0 Å². The van der Waals surface area contributed by atoms with Crippen LogP contribution >= 0.6 is 0 Å². The van der Waals surface area contributed by atoms with E-state index in [0.717, 1.165) is 12.8 Å². The van der Waals surface area contributed by atoms with Crippen molar-refractivity contribution in [2.24, 2.45) is 0 Å². The van der Waals surface area contributed by atoms with Gasteiger partial charge in [0.1, 0.15) is 18.7 Å². The smallest absolute Gasteiger partial charge is 0.267 e. The minimum atomic E-state index is -0.329. The van der Waals surface area contributed by atoms with Crippen molar-refractivity contribution >= 4 is 23.1 Å². The number of aromatic nitrogens is 5. The molecule has 0 bridgehead atoms. The van der Waals surface area contributed by atoms with Crippen LogP contribution in [0.4, 0.5) is 11.5 Å². The highest BCUT2D eigenvalue weighted by molar-refractivity contribution is 5.90. The average molecular weight is 339 g/mol. The van der Waals surface area contributed by atoms with Gasteiger partial charge in [0.05, 0.1) is 0 Å². The first kappa shape index (κ1) is 15.3. The summed E-state index contributed by atoms with van der Waals surface area (Å²) < 4.78 is 2.78. The van der Waals surface area contributed by atoms with E-state index in [9.17, 15) is 9.59 Å². The molecule has 1 fully saturated rings. The van der Waals surface area contributed by atoms with Gasteiger partial charge in [0.2, 0.25) is 5.91 Å². The Morgan fingerprint density at radius 1 is 1.36 bits per heavy atom. The first-order valence-electron chi connectivity index (χ1n) is 8.00. The number of pyridine rings is 1. The lowest BCUT2D eigenvalue weighted by Gasteiger charge is -2.17. The van der Waals surface area contributed by atoms with Gasteiger partial charge in [-0.15, -0.1) is 0 Å². The fourth-order valence-electron chi connectivity index (χ4n) is 2.62. The van der Waals surface area contributed by atoms with E-state index in [2.05, 4.69) is 20.5 Å². The molecule has 25 heavy (non-hydrogen) atoms. The van der Waals surface area contributed by atoms with Crippen molar-refractivity contribution in [1.82, 2.24) is 24.4 Å². The van der Waals surface area contributed by atoms with Crippen LogP contribution in [-0.4, -0.2) is 43.4 Å². The monoisotopic (exact) mass is 339 g/mol. The van der Waals surface area contributed by atoms with Crippen molar-refractivity contribution in [3.05, 3.63) is 47.1 Å². The van der Waals surface area contributed by atoms with Crippen LogP contribution in [0.3, 0.4) is 0 Å². The molecule has 9 nitrogen and oxygen atoms in total. The minimum Gasteiger partial charge on any atom is -0.355 e. The highest BCUT2D eigenvalue weighted by atomic mass is 16.2. The molecule has 0 spiro atoms. The van der Waals surface area contributed by atoms with Crippen LogP contribution in [-0.2, 0) is 11.3 Å². The van der Waals surface area contributed by atoms with Crippen LogP contribution in [0, 0.1) is 0 Å². The SMILES string of the molecule is CN(c1ccc(=O)n(CC(=O)Nc2ccn3ncnc3c2)n1)C1CC1. The van der Waals surface area contributed by atoms with Crippen molar-refractivity contribution in [1.29, 1.82) is 0 Å². The molecule has 0 radical (unpaired) electrons. The lowest BCUT2D eigenvalue weighted by Crippen LogP contribution is -2.31. The molecule has 0 atom stereocenters. The molecule has 0 unspecified atom stereocenters. The van der Waals surface area contributed by atoms with Crippen LogP contribution in [0.25, 0.3) is 5.65 Å². The predicted octanol–water partition coefficient (Wildman–Crippen LogP) is 0.523. The Morgan fingerprint density at radius 3 is 3.00 bits per heavy atom. The topological polar surface area (TPSA) is 97.4 Å². The molecule has 4 rings (SSSR count). The third kappa shape index (κ3) is 3.21.